The first-order chi connectivity index (χ1) is 4.31. The van der Waals surface area contributed by atoms with Gasteiger partial charge in [0.05, 0.1) is 0 Å². The van der Waals surface area contributed by atoms with Crippen LogP contribution in [0.2, 0.25) is 0 Å². The van der Waals surface area contributed by atoms with Gasteiger partial charge in [0.2, 0.25) is 0 Å². The standard InChI is InChI=1S/C7H14N2/c1-4-7(3)9-6-8-5-2/h5-7H,4H2,1-3H3. The summed E-state index contributed by atoms with van der Waals surface area (Å²) in [5.74, 6) is 0. The SMILES string of the molecule is CC=NC=NC(C)CC. The van der Waals surface area contributed by atoms with E-state index in [0.717, 1.165) is 6.42 Å². The Morgan fingerprint density at radius 3 is 2.67 bits per heavy atom. The largest absolute Gasteiger partial charge is 0.271 e. The molecule has 0 N–H and O–H groups in total. The topological polar surface area (TPSA) is 24.7 Å². The van der Waals surface area contributed by atoms with Crippen molar-refractivity contribution < 1.29 is 0 Å². The third kappa shape index (κ3) is 5.21. The Labute approximate surface area is 56.7 Å². The van der Waals surface area contributed by atoms with Crippen LogP contribution in [0.25, 0.3) is 0 Å². The minimum atomic E-state index is 0.411. The second-order valence-electron chi connectivity index (χ2n) is 1.93. The van der Waals surface area contributed by atoms with Gasteiger partial charge >= 0.3 is 0 Å². The molecule has 0 aromatic heterocycles. The monoisotopic (exact) mass is 126 g/mol. The molecule has 0 aromatic rings. The van der Waals surface area contributed by atoms with Gasteiger partial charge in [-0.2, -0.15) is 0 Å². The van der Waals surface area contributed by atoms with E-state index in [4.69, 9.17) is 0 Å². The summed E-state index contributed by atoms with van der Waals surface area (Å²) in [6, 6.07) is 0.411. The Balaban J connectivity index is 3.43. The van der Waals surface area contributed by atoms with Crippen LogP contribution in [0.15, 0.2) is 9.98 Å². The average molecular weight is 126 g/mol. The molecule has 0 rings (SSSR count). The van der Waals surface area contributed by atoms with Gasteiger partial charge in [-0.1, -0.05) is 6.92 Å². The lowest BCUT2D eigenvalue weighted by atomic mass is 10.3. The summed E-state index contributed by atoms with van der Waals surface area (Å²) in [6.45, 7) is 6.06. The maximum Gasteiger partial charge on any atom is 0.109 e. The summed E-state index contributed by atoms with van der Waals surface area (Å²) >= 11 is 0. The highest BCUT2D eigenvalue weighted by Crippen LogP contribution is 1.92. The summed E-state index contributed by atoms with van der Waals surface area (Å²) in [7, 11) is 0. The van der Waals surface area contributed by atoms with Gasteiger partial charge in [0.15, 0.2) is 0 Å². The lowest BCUT2D eigenvalue weighted by Gasteiger charge is -1.95. The van der Waals surface area contributed by atoms with Crippen LogP contribution in [0.5, 0.6) is 0 Å². The van der Waals surface area contributed by atoms with Crippen molar-refractivity contribution in [2.75, 3.05) is 0 Å². The molecule has 1 unspecified atom stereocenters. The van der Waals surface area contributed by atoms with Gasteiger partial charge in [0, 0.05) is 12.3 Å². The van der Waals surface area contributed by atoms with Crippen LogP contribution in [0, 0.1) is 0 Å². The Morgan fingerprint density at radius 2 is 2.22 bits per heavy atom. The molecule has 52 valence electrons. The smallest absolute Gasteiger partial charge is 0.109 e. The molecule has 0 amide bonds. The van der Waals surface area contributed by atoms with Gasteiger partial charge in [-0.3, -0.25) is 4.99 Å². The number of aliphatic imine (C=N–C) groups is 2. The van der Waals surface area contributed by atoms with Crippen LogP contribution >= 0.6 is 0 Å². The van der Waals surface area contributed by atoms with Crippen LogP contribution in [0.1, 0.15) is 27.2 Å². The first kappa shape index (κ1) is 8.34. The summed E-state index contributed by atoms with van der Waals surface area (Å²) in [4.78, 5) is 7.95. The molecule has 0 aliphatic rings. The van der Waals surface area contributed by atoms with Crippen LogP contribution < -0.4 is 0 Å². The molecule has 0 radical (unpaired) electrons. The molecule has 1 atom stereocenters. The summed E-state index contributed by atoms with van der Waals surface area (Å²) < 4.78 is 0. The molecule has 0 saturated heterocycles. The van der Waals surface area contributed by atoms with E-state index in [2.05, 4.69) is 23.8 Å². The van der Waals surface area contributed by atoms with Gasteiger partial charge in [-0.05, 0) is 20.3 Å². The molecule has 0 fully saturated rings. The van der Waals surface area contributed by atoms with Gasteiger partial charge in [-0.25, -0.2) is 4.99 Å². The Morgan fingerprint density at radius 1 is 1.56 bits per heavy atom. The number of hydrogen-bond donors (Lipinski definition) is 0. The maximum atomic E-state index is 4.11. The molecule has 0 saturated carbocycles. The summed E-state index contributed by atoms with van der Waals surface area (Å²) in [5.41, 5.74) is 0. The van der Waals surface area contributed by atoms with Crippen molar-refractivity contribution in [3.63, 3.8) is 0 Å². The van der Waals surface area contributed by atoms with Crippen molar-refractivity contribution >= 4 is 12.6 Å². The highest BCUT2D eigenvalue weighted by atomic mass is 14.9. The highest BCUT2D eigenvalue weighted by molar-refractivity contribution is 5.70. The molecule has 2 nitrogen and oxygen atoms in total. The molecule has 0 aliphatic heterocycles. The molecule has 0 bridgehead atoms. The van der Waals surface area contributed by atoms with Gasteiger partial charge in [0.25, 0.3) is 0 Å². The average Bonchev–Trinajstić information content (AvgIpc) is 1.89. The van der Waals surface area contributed by atoms with E-state index in [1.807, 2.05) is 6.92 Å². The molecule has 0 aromatic carbocycles. The minimum Gasteiger partial charge on any atom is -0.271 e. The molecule has 0 aliphatic carbocycles. The third-order valence-corrected chi connectivity index (χ3v) is 1.13. The normalized spacial score (nSPS) is 15.4. The van der Waals surface area contributed by atoms with Crippen molar-refractivity contribution in [1.82, 2.24) is 0 Å². The fraction of sp³-hybridized carbons (Fsp3) is 0.714. The second kappa shape index (κ2) is 5.48. The van der Waals surface area contributed by atoms with Crippen molar-refractivity contribution in [2.45, 2.75) is 33.2 Å². The van der Waals surface area contributed by atoms with E-state index in [0.29, 0.717) is 6.04 Å². The number of nitrogens with zero attached hydrogens (tertiary/aromatic N) is 2. The highest BCUT2D eigenvalue weighted by Gasteiger charge is 1.88. The lowest BCUT2D eigenvalue weighted by molar-refractivity contribution is 0.719. The van der Waals surface area contributed by atoms with Crippen LogP contribution in [-0.4, -0.2) is 18.6 Å². The predicted molar refractivity (Wildman–Crippen MR) is 42.4 cm³/mol. The van der Waals surface area contributed by atoms with Crippen LogP contribution in [-0.2, 0) is 0 Å². The zero-order valence-corrected chi connectivity index (χ0v) is 6.33. The fourth-order valence-corrected chi connectivity index (χ4v) is 0.324. The predicted octanol–water partition coefficient (Wildman–Crippen LogP) is 1.90. The minimum absolute atomic E-state index is 0.411. The van der Waals surface area contributed by atoms with Gasteiger partial charge in [0.1, 0.15) is 6.34 Å². The number of hydrogen-bond acceptors (Lipinski definition) is 1. The van der Waals surface area contributed by atoms with Crippen LogP contribution in [0.4, 0.5) is 0 Å². The third-order valence-electron chi connectivity index (χ3n) is 1.13. The van der Waals surface area contributed by atoms with Crippen LogP contribution in [0.3, 0.4) is 0 Å². The van der Waals surface area contributed by atoms with Crippen molar-refractivity contribution in [3.8, 4) is 0 Å². The van der Waals surface area contributed by atoms with E-state index in [9.17, 15) is 0 Å². The molecular formula is C7H14N2. The molecule has 0 heterocycles. The zero-order chi connectivity index (χ0) is 7.11. The van der Waals surface area contributed by atoms with Crippen molar-refractivity contribution in [1.29, 1.82) is 0 Å². The van der Waals surface area contributed by atoms with Gasteiger partial charge in [-0.15, -0.1) is 0 Å². The van der Waals surface area contributed by atoms with E-state index >= 15 is 0 Å². The van der Waals surface area contributed by atoms with E-state index in [1.165, 1.54) is 0 Å². The maximum absolute atomic E-state index is 4.11. The first-order valence-electron chi connectivity index (χ1n) is 3.30. The Hall–Kier alpha value is -0.660. The molecule has 0 spiro atoms. The molecular weight excluding hydrogens is 112 g/mol. The Kier molecular flexibility index (Phi) is 5.07. The summed E-state index contributed by atoms with van der Waals surface area (Å²) in [6.07, 6.45) is 4.41. The number of rotatable bonds is 3. The van der Waals surface area contributed by atoms with E-state index in [-0.39, 0.29) is 0 Å². The van der Waals surface area contributed by atoms with Gasteiger partial charge < -0.3 is 0 Å². The quantitative estimate of drug-likeness (QED) is 0.407. The van der Waals surface area contributed by atoms with E-state index in [1.54, 1.807) is 12.6 Å². The first-order valence-corrected chi connectivity index (χ1v) is 3.30. The second-order valence-corrected chi connectivity index (χ2v) is 1.93. The van der Waals surface area contributed by atoms with E-state index < -0.39 is 0 Å². The van der Waals surface area contributed by atoms with Crippen molar-refractivity contribution in [3.05, 3.63) is 0 Å². The molecule has 2 heteroatoms. The fourth-order valence-electron chi connectivity index (χ4n) is 0.324. The summed E-state index contributed by atoms with van der Waals surface area (Å²) in [5, 5.41) is 0. The van der Waals surface area contributed by atoms with Crippen molar-refractivity contribution in [2.24, 2.45) is 9.98 Å². The zero-order valence-electron chi connectivity index (χ0n) is 6.33. The molecule has 9 heavy (non-hydrogen) atoms. The Bertz CT molecular complexity index is 105. The lowest BCUT2D eigenvalue weighted by Crippen LogP contribution is -1.93.